The largest absolute Gasteiger partial charge is 0.461 e. The van der Waals surface area contributed by atoms with E-state index < -0.39 is 5.97 Å². The van der Waals surface area contributed by atoms with E-state index in [1.54, 1.807) is 0 Å². The van der Waals surface area contributed by atoms with Crippen molar-refractivity contribution < 1.29 is 14.3 Å². The van der Waals surface area contributed by atoms with E-state index >= 15 is 0 Å². The third-order valence-electron chi connectivity index (χ3n) is 2.45. The van der Waals surface area contributed by atoms with Crippen LogP contribution >= 0.6 is 0 Å². The Bertz CT molecular complexity index is 432. The molecule has 19 heavy (non-hydrogen) atoms. The molecule has 5 nitrogen and oxygen atoms in total. The van der Waals surface area contributed by atoms with E-state index in [1.807, 2.05) is 37.3 Å². The van der Waals surface area contributed by atoms with E-state index in [0.717, 1.165) is 11.6 Å². The summed E-state index contributed by atoms with van der Waals surface area (Å²) in [6, 6.07) is 9.25. The lowest BCUT2D eigenvalue weighted by molar-refractivity contribution is -0.137. The first-order valence-corrected chi connectivity index (χ1v) is 6.02. The molecule has 1 atom stereocenters. The molecule has 1 aromatic rings. The maximum atomic E-state index is 11.6. The van der Waals surface area contributed by atoms with E-state index in [4.69, 9.17) is 4.74 Å². The molecule has 0 aliphatic carbocycles. The second kappa shape index (κ2) is 7.92. The maximum Gasteiger partial charge on any atom is 0.330 e. The number of hydrogen-bond acceptors (Lipinski definition) is 3. The summed E-state index contributed by atoms with van der Waals surface area (Å²) >= 11 is 0. The first-order valence-electron chi connectivity index (χ1n) is 6.02. The summed E-state index contributed by atoms with van der Waals surface area (Å²) in [6.07, 6.45) is 1.08. The zero-order chi connectivity index (χ0) is 14.1. The number of carbonyl (C=O) groups is 2. The average molecular weight is 262 g/mol. The summed E-state index contributed by atoms with van der Waals surface area (Å²) < 4.78 is 4.73. The summed E-state index contributed by atoms with van der Waals surface area (Å²) in [6.45, 7) is 5.55. The Kier molecular flexibility index (Phi) is 6.15. The molecule has 0 fully saturated rings. The monoisotopic (exact) mass is 262 g/mol. The van der Waals surface area contributed by atoms with Gasteiger partial charge in [0.25, 0.3) is 0 Å². The molecule has 0 aliphatic heterocycles. The zero-order valence-corrected chi connectivity index (χ0v) is 10.9. The molecule has 5 heteroatoms. The van der Waals surface area contributed by atoms with Gasteiger partial charge in [-0.15, -0.1) is 0 Å². The van der Waals surface area contributed by atoms with E-state index in [2.05, 4.69) is 17.2 Å². The number of amides is 2. The van der Waals surface area contributed by atoms with Crippen LogP contribution in [-0.2, 0) is 9.53 Å². The van der Waals surface area contributed by atoms with Crippen molar-refractivity contribution in [2.24, 2.45) is 0 Å². The highest BCUT2D eigenvalue weighted by atomic mass is 16.5. The third-order valence-corrected chi connectivity index (χ3v) is 2.45. The van der Waals surface area contributed by atoms with E-state index in [9.17, 15) is 9.59 Å². The van der Waals surface area contributed by atoms with Crippen molar-refractivity contribution in [2.75, 3.05) is 13.2 Å². The van der Waals surface area contributed by atoms with Crippen molar-refractivity contribution in [3.63, 3.8) is 0 Å². The summed E-state index contributed by atoms with van der Waals surface area (Å²) in [7, 11) is 0. The van der Waals surface area contributed by atoms with Crippen molar-refractivity contribution >= 4 is 12.0 Å². The molecule has 0 heterocycles. The van der Waals surface area contributed by atoms with Gasteiger partial charge in [-0.25, -0.2) is 9.59 Å². The lowest BCUT2D eigenvalue weighted by Gasteiger charge is -2.14. The lowest BCUT2D eigenvalue weighted by Crippen LogP contribution is -2.38. The Morgan fingerprint density at radius 2 is 2.05 bits per heavy atom. The second-order valence-corrected chi connectivity index (χ2v) is 3.90. The zero-order valence-electron chi connectivity index (χ0n) is 10.9. The summed E-state index contributed by atoms with van der Waals surface area (Å²) in [5, 5.41) is 5.39. The van der Waals surface area contributed by atoms with E-state index in [1.165, 1.54) is 0 Å². The molecule has 2 amide bonds. The minimum Gasteiger partial charge on any atom is -0.461 e. The van der Waals surface area contributed by atoms with Gasteiger partial charge >= 0.3 is 12.0 Å². The Morgan fingerprint density at radius 3 is 2.68 bits per heavy atom. The molecule has 0 aliphatic rings. The highest BCUT2D eigenvalue weighted by molar-refractivity contribution is 5.81. The number of hydrogen-bond donors (Lipinski definition) is 2. The summed E-state index contributed by atoms with van der Waals surface area (Å²) in [4.78, 5) is 22.3. The standard InChI is InChI=1S/C14H18N2O3/c1-3-13(17)19-10-9-15-14(18)16-11(2)12-7-5-4-6-8-12/h3-8,11H,1,9-10H2,2H3,(H2,15,16,18). The number of nitrogens with one attached hydrogen (secondary N) is 2. The van der Waals surface area contributed by atoms with Crippen LogP contribution in [0.25, 0.3) is 0 Å². The Balaban J connectivity index is 2.24. The third kappa shape index (κ3) is 5.72. The van der Waals surface area contributed by atoms with Gasteiger partial charge in [0, 0.05) is 6.08 Å². The summed E-state index contributed by atoms with van der Waals surface area (Å²) in [5.74, 6) is -0.500. The van der Waals surface area contributed by atoms with Crippen molar-refractivity contribution in [1.82, 2.24) is 10.6 Å². The minimum atomic E-state index is -0.500. The van der Waals surface area contributed by atoms with Crippen LogP contribution in [0, 0.1) is 0 Å². The van der Waals surface area contributed by atoms with Crippen molar-refractivity contribution in [3.8, 4) is 0 Å². The molecule has 102 valence electrons. The number of urea groups is 1. The van der Waals surface area contributed by atoms with E-state index in [-0.39, 0.29) is 25.2 Å². The Labute approximate surface area is 112 Å². The van der Waals surface area contributed by atoms with Crippen LogP contribution in [0.2, 0.25) is 0 Å². The van der Waals surface area contributed by atoms with Crippen molar-refractivity contribution in [1.29, 1.82) is 0 Å². The van der Waals surface area contributed by atoms with Gasteiger partial charge in [0.1, 0.15) is 6.61 Å². The van der Waals surface area contributed by atoms with Crippen molar-refractivity contribution in [2.45, 2.75) is 13.0 Å². The molecule has 2 N–H and O–H groups in total. The number of esters is 1. The van der Waals surface area contributed by atoms with Crippen LogP contribution in [0.1, 0.15) is 18.5 Å². The normalized spacial score (nSPS) is 11.2. The molecule has 0 radical (unpaired) electrons. The molecule has 0 bridgehead atoms. The molecule has 0 spiro atoms. The molecular formula is C14H18N2O3. The van der Waals surface area contributed by atoms with Gasteiger partial charge in [-0.2, -0.15) is 0 Å². The van der Waals surface area contributed by atoms with Gasteiger partial charge in [0.15, 0.2) is 0 Å². The fourth-order valence-corrected chi connectivity index (χ4v) is 1.45. The molecule has 1 aromatic carbocycles. The van der Waals surface area contributed by atoms with Gasteiger partial charge in [-0.1, -0.05) is 36.9 Å². The van der Waals surface area contributed by atoms with Crippen LogP contribution in [0.15, 0.2) is 43.0 Å². The van der Waals surface area contributed by atoms with Crippen LogP contribution < -0.4 is 10.6 Å². The fraction of sp³-hybridized carbons (Fsp3) is 0.286. The molecule has 0 saturated heterocycles. The fourth-order valence-electron chi connectivity index (χ4n) is 1.45. The quantitative estimate of drug-likeness (QED) is 0.466. The SMILES string of the molecule is C=CC(=O)OCCNC(=O)NC(C)c1ccccc1. The smallest absolute Gasteiger partial charge is 0.330 e. The van der Waals surface area contributed by atoms with Gasteiger partial charge in [0.05, 0.1) is 12.6 Å². The predicted molar refractivity (Wildman–Crippen MR) is 72.5 cm³/mol. The van der Waals surface area contributed by atoms with Gasteiger partial charge in [0.2, 0.25) is 0 Å². The number of ether oxygens (including phenoxy) is 1. The highest BCUT2D eigenvalue weighted by Crippen LogP contribution is 2.10. The molecule has 0 aromatic heterocycles. The van der Waals surface area contributed by atoms with Crippen LogP contribution in [0.4, 0.5) is 4.79 Å². The summed E-state index contributed by atoms with van der Waals surface area (Å²) in [5.41, 5.74) is 1.02. The number of carbonyl (C=O) groups excluding carboxylic acids is 2. The van der Waals surface area contributed by atoms with Crippen LogP contribution in [0.3, 0.4) is 0 Å². The molecule has 1 rings (SSSR count). The van der Waals surface area contributed by atoms with Crippen LogP contribution in [-0.4, -0.2) is 25.2 Å². The predicted octanol–water partition coefficient (Wildman–Crippen LogP) is 1.78. The molecular weight excluding hydrogens is 244 g/mol. The lowest BCUT2D eigenvalue weighted by atomic mass is 10.1. The Morgan fingerprint density at radius 1 is 1.37 bits per heavy atom. The van der Waals surface area contributed by atoms with Crippen molar-refractivity contribution in [3.05, 3.63) is 48.6 Å². The highest BCUT2D eigenvalue weighted by Gasteiger charge is 2.08. The number of benzene rings is 1. The second-order valence-electron chi connectivity index (χ2n) is 3.90. The first-order chi connectivity index (χ1) is 9.13. The first kappa shape index (κ1) is 14.8. The topological polar surface area (TPSA) is 67.4 Å². The van der Waals surface area contributed by atoms with Crippen LogP contribution in [0.5, 0.6) is 0 Å². The maximum absolute atomic E-state index is 11.6. The Hall–Kier alpha value is -2.30. The molecule has 0 saturated carbocycles. The van der Waals surface area contributed by atoms with E-state index in [0.29, 0.717) is 0 Å². The average Bonchev–Trinajstić information content (AvgIpc) is 2.44. The molecule has 1 unspecified atom stereocenters. The minimum absolute atomic E-state index is 0.0862. The van der Waals surface area contributed by atoms with Gasteiger partial charge in [-0.05, 0) is 12.5 Å². The van der Waals surface area contributed by atoms with Gasteiger partial charge < -0.3 is 15.4 Å². The number of rotatable bonds is 6. The van der Waals surface area contributed by atoms with Gasteiger partial charge in [-0.3, -0.25) is 0 Å².